The molecule has 0 atom stereocenters. The van der Waals surface area contributed by atoms with Crippen LogP contribution in [0.3, 0.4) is 0 Å². The van der Waals surface area contributed by atoms with Gasteiger partial charge >= 0.3 is 11.9 Å². The van der Waals surface area contributed by atoms with Crippen LogP contribution in [0.4, 0.5) is 18.9 Å². The molecule has 3 aromatic rings. The second kappa shape index (κ2) is 8.15. The Kier molecular flexibility index (Phi) is 6.30. The number of halogens is 5. The minimum atomic E-state index is -4.45. The van der Waals surface area contributed by atoms with Gasteiger partial charge in [0.25, 0.3) is 0 Å². The van der Waals surface area contributed by atoms with E-state index in [1.165, 1.54) is 31.4 Å². The van der Waals surface area contributed by atoms with Crippen molar-refractivity contribution in [1.82, 2.24) is 9.78 Å². The number of alkyl halides is 3. The molecule has 2 N–H and O–H groups in total. The smallest absolute Gasteiger partial charge is 0.437 e. The van der Waals surface area contributed by atoms with Crippen LogP contribution < -0.4 is 16.2 Å². The topological polar surface area (TPSA) is 83.3 Å². The first-order valence-electron chi connectivity index (χ1n) is 7.56. The standard InChI is InChI=1S/C17H13ClF3N3O3.ClH/c1-26-14-7-13(22)12(18)6-10(14)8-24-16(25)27-15(23-24)9-2-4-11(5-3-9)17(19,20)21;/h2-7H,8,22H2,1H3;1H. The van der Waals surface area contributed by atoms with Crippen molar-refractivity contribution in [3.05, 3.63) is 63.1 Å². The zero-order valence-electron chi connectivity index (χ0n) is 14.3. The molecule has 2 aromatic carbocycles. The van der Waals surface area contributed by atoms with Crippen molar-refractivity contribution < 1.29 is 22.3 Å². The van der Waals surface area contributed by atoms with Crippen molar-refractivity contribution in [2.45, 2.75) is 12.7 Å². The second-order valence-electron chi connectivity index (χ2n) is 5.59. The lowest BCUT2D eigenvalue weighted by atomic mass is 10.1. The summed E-state index contributed by atoms with van der Waals surface area (Å²) in [6, 6.07) is 7.18. The molecule has 0 unspecified atom stereocenters. The minimum Gasteiger partial charge on any atom is -0.496 e. The van der Waals surface area contributed by atoms with E-state index in [-0.39, 0.29) is 35.4 Å². The van der Waals surface area contributed by atoms with Gasteiger partial charge in [-0.15, -0.1) is 17.5 Å². The zero-order chi connectivity index (χ0) is 19.8. The molecule has 11 heteroatoms. The van der Waals surface area contributed by atoms with Gasteiger partial charge in [-0.3, -0.25) is 0 Å². The molecule has 3 rings (SSSR count). The molecule has 0 saturated carbocycles. The first kappa shape index (κ1) is 21.6. The van der Waals surface area contributed by atoms with Gasteiger partial charge in [0.15, 0.2) is 0 Å². The summed E-state index contributed by atoms with van der Waals surface area (Å²) < 4.78 is 49.2. The molecular weight excluding hydrogens is 422 g/mol. The summed E-state index contributed by atoms with van der Waals surface area (Å²) in [5.41, 5.74) is 5.99. The van der Waals surface area contributed by atoms with Crippen LogP contribution >= 0.6 is 24.0 Å². The third kappa shape index (κ3) is 4.42. The summed E-state index contributed by atoms with van der Waals surface area (Å²) in [5, 5.41) is 4.30. The molecule has 0 saturated heterocycles. The second-order valence-corrected chi connectivity index (χ2v) is 6.00. The van der Waals surface area contributed by atoms with Crippen molar-refractivity contribution in [2.75, 3.05) is 12.8 Å². The predicted octanol–water partition coefficient (Wildman–Crippen LogP) is 4.24. The highest BCUT2D eigenvalue weighted by Gasteiger charge is 2.30. The van der Waals surface area contributed by atoms with E-state index in [9.17, 15) is 18.0 Å². The number of rotatable bonds is 4. The van der Waals surface area contributed by atoms with E-state index >= 15 is 0 Å². The van der Waals surface area contributed by atoms with Crippen LogP contribution in [0.2, 0.25) is 5.02 Å². The van der Waals surface area contributed by atoms with Gasteiger partial charge in [0.1, 0.15) is 5.75 Å². The summed E-state index contributed by atoms with van der Waals surface area (Å²) in [6.45, 7) is -0.0217. The van der Waals surface area contributed by atoms with Gasteiger partial charge < -0.3 is 14.9 Å². The normalized spacial score (nSPS) is 11.2. The number of benzene rings is 2. The van der Waals surface area contributed by atoms with Crippen LogP contribution in [0.1, 0.15) is 11.1 Å². The van der Waals surface area contributed by atoms with Crippen LogP contribution in [-0.4, -0.2) is 16.9 Å². The number of nitrogens with zero attached hydrogens (tertiary/aromatic N) is 2. The Morgan fingerprint density at radius 1 is 1.25 bits per heavy atom. The number of anilines is 1. The fraction of sp³-hybridized carbons (Fsp3) is 0.176. The lowest BCUT2D eigenvalue weighted by Crippen LogP contribution is -2.17. The Morgan fingerprint density at radius 2 is 1.89 bits per heavy atom. The van der Waals surface area contributed by atoms with Crippen LogP contribution in [0, 0.1) is 0 Å². The molecule has 150 valence electrons. The summed E-state index contributed by atoms with van der Waals surface area (Å²) in [7, 11) is 1.44. The molecule has 0 amide bonds. The fourth-order valence-corrected chi connectivity index (χ4v) is 2.60. The molecule has 0 aliphatic carbocycles. The molecule has 0 spiro atoms. The van der Waals surface area contributed by atoms with E-state index in [0.717, 1.165) is 16.8 Å². The highest BCUT2D eigenvalue weighted by Crippen LogP contribution is 2.31. The number of hydrogen-bond donors (Lipinski definition) is 1. The van der Waals surface area contributed by atoms with E-state index in [4.69, 9.17) is 26.5 Å². The molecule has 0 radical (unpaired) electrons. The number of methoxy groups -OCH3 is 1. The third-order valence-electron chi connectivity index (χ3n) is 3.79. The lowest BCUT2D eigenvalue weighted by Gasteiger charge is -2.10. The predicted molar refractivity (Wildman–Crippen MR) is 100.0 cm³/mol. The lowest BCUT2D eigenvalue weighted by molar-refractivity contribution is -0.137. The van der Waals surface area contributed by atoms with Crippen LogP contribution in [0.15, 0.2) is 45.6 Å². The Hall–Kier alpha value is -2.65. The van der Waals surface area contributed by atoms with E-state index in [1.54, 1.807) is 0 Å². The molecular formula is C17H14Cl2F3N3O3. The first-order chi connectivity index (χ1) is 12.7. The quantitative estimate of drug-likeness (QED) is 0.619. The molecule has 0 aliphatic heterocycles. The highest BCUT2D eigenvalue weighted by atomic mass is 35.5. The van der Waals surface area contributed by atoms with Crippen molar-refractivity contribution in [1.29, 1.82) is 0 Å². The summed E-state index contributed by atoms with van der Waals surface area (Å²) in [6.07, 6.45) is -4.45. The van der Waals surface area contributed by atoms with Gasteiger partial charge in [0, 0.05) is 17.2 Å². The van der Waals surface area contributed by atoms with Crippen LogP contribution in [0.5, 0.6) is 5.75 Å². The van der Waals surface area contributed by atoms with Crippen LogP contribution in [-0.2, 0) is 12.7 Å². The van der Waals surface area contributed by atoms with E-state index < -0.39 is 17.5 Å². The summed E-state index contributed by atoms with van der Waals surface area (Å²) in [5.74, 6) is -0.475. The highest BCUT2D eigenvalue weighted by molar-refractivity contribution is 6.33. The molecule has 1 heterocycles. The van der Waals surface area contributed by atoms with Gasteiger partial charge in [0.2, 0.25) is 5.89 Å². The molecule has 0 fully saturated rings. The Morgan fingerprint density at radius 3 is 2.46 bits per heavy atom. The van der Waals surface area contributed by atoms with Gasteiger partial charge in [-0.2, -0.15) is 17.9 Å². The maximum absolute atomic E-state index is 12.6. The first-order valence-corrected chi connectivity index (χ1v) is 7.94. The van der Waals surface area contributed by atoms with Crippen LogP contribution in [0.25, 0.3) is 11.5 Å². The number of nitrogen functional groups attached to an aromatic ring is 1. The fourth-order valence-electron chi connectivity index (χ4n) is 2.41. The van der Waals surface area contributed by atoms with Crippen molar-refractivity contribution in [3.8, 4) is 17.2 Å². The number of aromatic nitrogens is 2. The van der Waals surface area contributed by atoms with Gasteiger partial charge in [-0.1, -0.05) is 11.6 Å². The largest absolute Gasteiger partial charge is 0.496 e. The maximum Gasteiger partial charge on any atom is 0.437 e. The van der Waals surface area contributed by atoms with E-state index in [0.29, 0.717) is 17.0 Å². The SMILES string of the molecule is COc1cc(N)c(Cl)cc1Cn1nc(-c2ccc(C(F)(F)F)cc2)oc1=O.Cl. The monoisotopic (exact) mass is 435 g/mol. The van der Waals surface area contributed by atoms with Crippen molar-refractivity contribution in [2.24, 2.45) is 0 Å². The van der Waals surface area contributed by atoms with Crippen molar-refractivity contribution in [3.63, 3.8) is 0 Å². The maximum atomic E-state index is 12.6. The molecule has 0 aliphatic rings. The van der Waals surface area contributed by atoms with Gasteiger partial charge in [0.05, 0.1) is 29.9 Å². The number of ether oxygens (including phenoxy) is 1. The zero-order valence-corrected chi connectivity index (χ0v) is 15.9. The van der Waals surface area contributed by atoms with Gasteiger partial charge in [-0.05, 0) is 30.3 Å². The van der Waals surface area contributed by atoms with E-state index in [2.05, 4.69) is 5.10 Å². The van der Waals surface area contributed by atoms with Crippen molar-refractivity contribution >= 4 is 29.7 Å². The number of hydrogen-bond acceptors (Lipinski definition) is 5. The molecule has 28 heavy (non-hydrogen) atoms. The third-order valence-corrected chi connectivity index (χ3v) is 4.11. The minimum absolute atomic E-state index is 0. The Labute approximate surface area is 168 Å². The van der Waals surface area contributed by atoms with E-state index in [1.807, 2.05) is 0 Å². The molecule has 6 nitrogen and oxygen atoms in total. The molecule has 0 bridgehead atoms. The molecule has 1 aromatic heterocycles. The average molecular weight is 436 g/mol. The number of nitrogens with two attached hydrogens (primary N) is 1. The average Bonchev–Trinajstić information content (AvgIpc) is 2.98. The Bertz CT molecular complexity index is 1030. The summed E-state index contributed by atoms with van der Waals surface area (Å²) in [4.78, 5) is 12.1. The van der Waals surface area contributed by atoms with Gasteiger partial charge in [-0.25, -0.2) is 4.79 Å². The Balaban J connectivity index is 0.00000280. The summed E-state index contributed by atoms with van der Waals surface area (Å²) >= 11 is 6.00.